The van der Waals surface area contributed by atoms with Crippen LogP contribution >= 0.6 is 0 Å². The Labute approximate surface area is 133 Å². The summed E-state index contributed by atoms with van der Waals surface area (Å²) in [5, 5.41) is 2.78. The van der Waals surface area contributed by atoms with Gasteiger partial charge in [0.15, 0.2) is 5.78 Å². The maximum atomic E-state index is 12.6. The van der Waals surface area contributed by atoms with Crippen LogP contribution in [0.5, 0.6) is 0 Å². The molecule has 0 bridgehead atoms. The third-order valence-electron chi connectivity index (χ3n) is 4.40. The zero-order valence-corrected chi connectivity index (χ0v) is 14.2. The molecule has 2 atom stereocenters. The zero-order chi connectivity index (χ0) is 16.4. The normalized spacial score (nSPS) is 27.1. The summed E-state index contributed by atoms with van der Waals surface area (Å²) >= 11 is 0. The summed E-state index contributed by atoms with van der Waals surface area (Å²) in [7, 11) is 0. The molecular formula is C17H29NO4. The van der Waals surface area contributed by atoms with Crippen LogP contribution in [0.15, 0.2) is 0 Å². The standard InChI is InChI=1S/C17H29NO4/c1-16(2,3)22-15(20)18-13(14(19)17(4)11-21-17)10-12-8-6-5-7-9-12/h12-13H,5-11H2,1-4H3,(H,18,20)/t13?,17-/m1/s1. The molecular weight excluding hydrogens is 282 g/mol. The fourth-order valence-electron chi connectivity index (χ4n) is 3.06. The highest BCUT2D eigenvalue weighted by molar-refractivity contribution is 5.95. The molecule has 1 N–H and O–H groups in total. The van der Waals surface area contributed by atoms with Crippen molar-refractivity contribution >= 4 is 11.9 Å². The van der Waals surface area contributed by atoms with Crippen molar-refractivity contribution in [3.05, 3.63) is 0 Å². The van der Waals surface area contributed by atoms with E-state index in [9.17, 15) is 9.59 Å². The van der Waals surface area contributed by atoms with Gasteiger partial charge in [0.1, 0.15) is 11.2 Å². The van der Waals surface area contributed by atoms with Crippen LogP contribution in [0.1, 0.15) is 66.2 Å². The molecule has 1 heterocycles. The Morgan fingerprint density at radius 1 is 1.27 bits per heavy atom. The average molecular weight is 311 g/mol. The van der Waals surface area contributed by atoms with Gasteiger partial charge in [0, 0.05) is 0 Å². The average Bonchev–Trinajstić information content (AvgIpc) is 3.15. The molecule has 2 fully saturated rings. The van der Waals surface area contributed by atoms with Gasteiger partial charge in [-0.25, -0.2) is 4.79 Å². The van der Waals surface area contributed by atoms with Gasteiger partial charge >= 0.3 is 6.09 Å². The molecule has 0 spiro atoms. The van der Waals surface area contributed by atoms with E-state index in [0.717, 1.165) is 12.8 Å². The quantitative estimate of drug-likeness (QED) is 0.792. The van der Waals surface area contributed by atoms with Crippen LogP contribution in [0.4, 0.5) is 4.79 Å². The van der Waals surface area contributed by atoms with Gasteiger partial charge in [-0.15, -0.1) is 0 Å². The van der Waals surface area contributed by atoms with Gasteiger partial charge in [-0.05, 0) is 40.0 Å². The molecule has 2 aliphatic rings. The first-order valence-electron chi connectivity index (χ1n) is 8.37. The number of ketones is 1. The van der Waals surface area contributed by atoms with E-state index < -0.39 is 23.3 Å². The first kappa shape index (κ1) is 17.3. The number of carbonyl (C=O) groups is 2. The summed E-state index contributed by atoms with van der Waals surface area (Å²) in [6.07, 6.45) is 6.14. The highest BCUT2D eigenvalue weighted by Gasteiger charge is 2.50. The summed E-state index contributed by atoms with van der Waals surface area (Å²) in [4.78, 5) is 24.6. The topological polar surface area (TPSA) is 67.9 Å². The van der Waals surface area contributed by atoms with Crippen LogP contribution in [0.3, 0.4) is 0 Å². The van der Waals surface area contributed by atoms with Gasteiger partial charge in [-0.1, -0.05) is 32.1 Å². The molecule has 1 saturated carbocycles. The van der Waals surface area contributed by atoms with Gasteiger partial charge in [0.2, 0.25) is 0 Å². The monoisotopic (exact) mass is 311 g/mol. The minimum Gasteiger partial charge on any atom is -0.444 e. The molecule has 22 heavy (non-hydrogen) atoms. The first-order chi connectivity index (χ1) is 10.2. The number of rotatable bonds is 5. The molecule has 5 heteroatoms. The van der Waals surface area contributed by atoms with E-state index in [4.69, 9.17) is 9.47 Å². The second-order valence-corrected chi connectivity index (χ2v) is 7.82. The third-order valence-corrected chi connectivity index (χ3v) is 4.40. The number of alkyl carbamates (subject to hydrolysis) is 1. The van der Waals surface area contributed by atoms with Crippen molar-refractivity contribution in [2.75, 3.05) is 6.61 Å². The number of carbonyl (C=O) groups excluding carboxylic acids is 2. The number of nitrogens with one attached hydrogen (secondary N) is 1. The molecule has 1 saturated heterocycles. The fraction of sp³-hybridized carbons (Fsp3) is 0.882. The van der Waals surface area contributed by atoms with E-state index in [2.05, 4.69) is 5.32 Å². The molecule has 0 radical (unpaired) electrons. The third kappa shape index (κ3) is 4.97. The Morgan fingerprint density at radius 3 is 2.36 bits per heavy atom. The number of epoxide rings is 1. The summed E-state index contributed by atoms with van der Waals surface area (Å²) in [6.45, 7) is 7.69. The summed E-state index contributed by atoms with van der Waals surface area (Å²) in [5.74, 6) is 0.476. The Morgan fingerprint density at radius 2 is 1.86 bits per heavy atom. The number of hydrogen-bond donors (Lipinski definition) is 1. The van der Waals surface area contributed by atoms with E-state index in [0.29, 0.717) is 18.9 Å². The second kappa shape index (κ2) is 6.57. The predicted molar refractivity (Wildman–Crippen MR) is 83.7 cm³/mol. The van der Waals surface area contributed by atoms with Crippen molar-refractivity contribution in [2.24, 2.45) is 5.92 Å². The van der Waals surface area contributed by atoms with Crippen molar-refractivity contribution in [1.29, 1.82) is 0 Å². The number of Topliss-reactive ketones (excluding diaryl/α,β-unsaturated/α-hetero) is 1. The lowest BCUT2D eigenvalue weighted by atomic mass is 9.82. The Hall–Kier alpha value is -1.10. The van der Waals surface area contributed by atoms with Crippen molar-refractivity contribution in [2.45, 2.75) is 83.5 Å². The van der Waals surface area contributed by atoms with Crippen LogP contribution in [0.2, 0.25) is 0 Å². The van der Waals surface area contributed by atoms with Crippen molar-refractivity contribution in [3.8, 4) is 0 Å². The molecule has 2 rings (SSSR count). The number of hydrogen-bond acceptors (Lipinski definition) is 4. The molecule has 1 aliphatic heterocycles. The molecule has 1 amide bonds. The second-order valence-electron chi connectivity index (χ2n) is 7.82. The van der Waals surface area contributed by atoms with Gasteiger partial charge in [-0.2, -0.15) is 0 Å². The highest BCUT2D eigenvalue weighted by Crippen LogP contribution is 2.33. The fourth-order valence-corrected chi connectivity index (χ4v) is 3.06. The Bertz CT molecular complexity index is 417. The zero-order valence-electron chi connectivity index (χ0n) is 14.2. The van der Waals surface area contributed by atoms with Gasteiger partial charge in [0.05, 0.1) is 12.6 Å². The number of ether oxygens (including phenoxy) is 2. The predicted octanol–water partition coefficient (Wildman–Crippen LogP) is 3.21. The minimum absolute atomic E-state index is 0.0241. The van der Waals surface area contributed by atoms with Crippen molar-refractivity contribution in [3.63, 3.8) is 0 Å². The van der Waals surface area contributed by atoms with Gasteiger partial charge in [-0.3, -0.25) is 4.79 Å². The van der Waals surface area contributed by atoms with E-state index in [1.165, 1.54) is 19.3 Å². The summed E-state index contributed by atoms with van der Waals surface area (Å²) in [6, 6.07) is -0.509. The molecule has 1 unspecified atom stereocenters. The van der Waals surface area contributed by atoms with Crippen LogP contribution in [-0.4, -0.2) is 35.7 Å². The van der Waals surface area contributed by atoms with Crippen LogP contribution < -0.4 is 5.32 Å². The van der Waals surface area contributed by atoms with Crippen LogP contribution in [-0.2, 0) is 14.3 Å². The van der Waals surface area contributed by atoms with E-state index >= 15 is 0 Å². The number of amides is 1. The van der Waals surface area contributed by atoms with E-state index in [1.807, 2.05) is 20.8 Å². The highest BCUT2D eigenvalue weighted by atomic mass is 16.6. The minimum atomic E-state index is -0.714. The maximum absolute atomic E-state index is 12.6. The van der Waals surface area contributed by atoms with Crippen LogP contribution in [0.25, 0.3) is 0 Å². The molecule has 0 aromatic heterocycles. The smallest absolute Gasteiger partial charge is 0.408 e. The molecule has 126 valence electrons. The van der Waals surface area contributed by atoms with Crippen molar-refractivity contribution < 1.29 is 19.1 Å². The van der Waals surface area contributed by atoms with Crippen LogP contribution in [0, 0.1) is 5.92 Å². The largest absolute Gasteiger partial charge is 0.444 e. The lowest BCUT2D eigenvalue weighted by molar-refractivity contribution is -0.126. The summed E-state index contributed by atoms with van der Waals surface area (Å²) < 4.78 is 10.6. The van der Waals surface area contributed by atoms with Crippen molar-refractivity contribution in [1.82, 2.24) is 5.32 Å². The van der Waals surface area contributed by atoms with Gasteiger partial charge in [0.25, 0.3) is 0 Å². The molecule has 5 nitrogen and oxygen atoms in total. The lowest BCUT2D eigenvalue weighted by Crippen LogP contribution is -2.48. The maximum Gasteiger partial charge on any atom is 0.408 e. The Kier molecular flexibility index (Phi) is 5.15. The Balaban J connectivity index is 1.97. The first-order valence-corrected chi connectivity index (χ1v) is 8.37. The lowest BCUT2D eigenvalue weighted by Gasteiger charge is -2.28. The SMILES string of the molecule is CC(C)(C)OC(=O)NC(CC1CCCCC1)C(=O)[C@@]1(C)CO1. The summed E-state index contributed by atoms with van der Waals surface area (Å²) in [5.41, 5.74) is -1.28. The van der Waals surface area contributed by atoms with E-state index in [1.54, 1.807) is 6.92 Å². The molecule has 0 aromatic carbocycles. The van der Waals surface area contributed by atoms with Gasteiger partial charge < -0.3 is 14.8 Å². The van der Waals surface area contributed by atoms with E-state index in [-0.39, 0.29) is 5.78 Å². The molecule has 0 aromatic rings. The molecule has 1 aliphatic carbocycles.